The minimum absolute atomic E-state index is 0.404. The van der Waals surface area contributed by atoms with Crippen molar-refractivity contribution in [2.24, 2.45) is 5.16 Å². The van der Waals surface area contributed by atoms with Gasteiger partial charge in [-0.3, -0.25) is 4.90 Å². The number of oxime groups is 1. The van der Waals surface area contributed by atoms with Crippen LogP contribution in [-0.4, -0.2) is 57.2 Å². The molecule has 1 aliphatic rings. The van der Waals surface area contributed by atoms with Crippen molar-refractivity contribution in [2.75, 3.05) is 32.0 Å². The standard InChI is InChI=1S/C12H16N6O2/c13-12-10-5-9(6-16-19)11(18(10)15-8-14-12)7-17-1-3-20-4-2-17/h5-6,8,19H,1-4,7H2,(H2,13,14,15)/b16-6+. The molecule has 20 heavy (non-hydrogen) atoms. The van der Waals surface area contributed by atoms with Gasteiger partial charge in [-0.25, -0.2) is 9.50 Å². The van der Waals surface area contributed by atoms with Crippen molar-refractivity contribution in [3.05, 3.63) is 23.7 Å². The summed E-state index contributed by atoms with van der Waals surface area (Å²) >= 11 is 0. The summed E-state index contributed by atoms with van der Waals surface area (Å²) in [6.07, 6.45) is 2.81. The van der Waals surface area contributed by atoms with Crippen LogP contribution < -0.4 is 5.73 Å². The van der Waals surface area contributed by atoms with Gasteiger partial charge in [0.1, 0.15) is 11.8 Å². The van der Waals surface area contributed by atoms with Gasteiger partial charge in [-0.1, -0.05) is 5.16 Å². The van der Waals surface area contributed by atoms with Gasteiger partial charge in [0.05, 0.1) is 25.1 Å². The largest absolute Gasteiger partial charge is 0.411 e. The van der Waals surface area contributed by atoms with Gasteiger partial charge in [-0.15, -0.1) is 0 Å². The first-order valence-corrected chi connectivity index (χ1v) is 6.38. The Kier molecular flexibility index (Phi) is 3.48. The van der Waals surface area contributed by atoms with Crippen LogP contribution in [0.3, 0.4) is 0 Å². The molecule has 1 aliphatic heterocycles. The van der Waals surface area contributed by atoms with E-state index in [9.17, 15) is 0 Å². The van der Waals surface area contributed by atoms with Crippen molar-refractivity contribution in [1.29, 1.82) is 0 Å². The highest BCUT2D eigenvalue weighted by atomic mass is 16.5. The van der Waals surface area contributed by atoms with E-state index < -0.39 is 0 Å². The zero-order valence-corrected chi connectivity index (χ0v) is 10.9. The Morgan fingerprint density at radius 3 is 3.00 bits per heavy atom. The predicted molar refractivity (Wildman–Crippen MR) is 72.9 cm³/mol. The van der Waals surface area contributed by atoms with Gasteiger partial charge in [0.15, 0.2) is 5.82 Å². The molecule has 106 valence electrons. The molecule has 8 nitrogen and oxygen atoms in total. The van der Waals surface area contributed by atoms with E-state index >= 15 is 0 Å². The van der Waals surface area contributed by atoms with Crippen LogP contribution in [0.15, 0.2) is 17.5 Å². The number of fused-ring (bicyclic) bond motifs is 1. The minimum atomic E-state index is 0.404. The summed E-state index contributed by atoms with van der Waals surface area (Å²) in [4.78, 5) is 6.24. The second kappa shape index (κ2) is 5.43. The number of morpholine rings is 1. The maximum atomic E-state index is 8.80. The second-order valence-electron chi connectivity index (χ2n) is 4.62. The van der Waals surface area contributed by atoms with Crippen molar-refractivity contribution in [1.82, 2.24) is 19.5 Å². The number of nitrogens with zero attached hydrogens (tertiary/aromatic N) is 5. The normalized spacial score (nSPS) is 17.2. The van der Waals surface area contributed by atoms with Gasteiger partial charge in [0.2, 0.25) is 0 Å². The van der Waals surface area contributed by atoms with Crippen LogP contribution in [0, 0.1) is 0 Å². The average Bonchev–Trinajstić information content (AvgIpc) is 2.81. The van der Waals surface area contributed by atoms with Crippen molar-refractivity contribution in [3.63, 3.8) is 0 Å². The highest BCUT2D eigenvalue weighted by Crippen LogP contribution is 2.19. The SMILES string of the molecule is Nc1ncnn2c(CN3CCOCC3)c(/C=N/O)cc12. The zero-order valence-electron chi connectivity index (χ0n) is 10.9. The maximum absolute atomic E-state index is 8.80. The number of aromatic nitrogens is 3. The van der Waals surface area contributed by atoms with E-state index in [1.165, 1.54) is 12.5 Å². The van der Waals surface area contributed by atoms with Crippen molar-refractivity contribution in [3.8, 4) is 0 Å². The molecular formula is C12H16N6O2. The molecule has 0 saturated carbocycles. The van der Waals surface area contributed by atoms with E-state index in [4.69, 9.17) is 15.7 Å². The van der Waals surface area contributed by atoms with Crippen LogP contribution in [0.4, 0.5) is 5.82 Å². The number of nitrogen functional groups attached to an aromatic ring is 1. The van der Waals surface area contributed by atoms with Gasteiger partial charge in [-0.2, -0.15) is 5.10 Å². The molecular weight excluding hydrogens is 260 g/mol. The van der Waals surface area contributed by atoms with Crippen LogP contribution >= 0.6 is 0 Å². The van der Waals surface area contributed by atoms with Crippen LogP contribution in [0.1, 0.15) is 11.3 Å². The Morgan fingerprint density at radius 2 is 2.25 bits per heavy atom. The minimum Gasteiger partial charge on any atom is -0.411 e. The van der Waals surface area contributed by atoms with Gasteiger partial charge < -0.3 is 15.7 Å². The van der Waals surface area contributed by atoms with E-state index in [1.807, 2.05) is 6.07 Å². The third-order valence-corrected chi connectivity index (χ3v) is 3.41. The first-order chi connectivity index (χ1) is 9.79. The van der Waals surface area contributed by atoms with E-state index in [-0.39, 0.29) is 0 Å². The molecule has 0 bridgehead atoms. The topological polar surface area (TPSA) is 101 Å². The first-order valence-electron chi connectivity index (χ1n) is 6.38. The lowest BCUT2D eigenvalue weighted by atomic mass is 10.2. The number of ether oxygens (including phenoxy) is 1. The molecule has 2 aromatic rings. The summed E-state index contributed by atoms with van der Waals surface area (Å²) < 4.78 is 7.09. The van der Waals surface area contributed by atoms with Gasteiger partial charge in [0.25, 0.3) is 0 Å². The Hall–Kier alpha value is -2.19. The lowest BCUT2D eigenvalue weighted by molar-refractivity contribution is 0.0334. The highest BCUT2D eigenvalue weighted by Gasteiger charge is 2.17. The summed E-state index contributed by atoms with van der Waals surface area (Å²) in [6.45, 7) is 3.87. The molecule has 8 heteroatoms. The number of rotatable bonds is 3. The van der Waals surface area contributed by atoms with Crippen LogP contribution in [0.5, 0.6) is 0 Å². The van der Waals surface area contributed by atoms with Crippen molar-refractivity contribution in [2.45, 2.75) is 6.54 Å². The van der Waals surface area contributed by atoms with E-state index in [0.29, 0.717) is 17.9 Å². The van der Waals surface area contributed by atoms with Gasteiger partial charge in [-0.05, 0) is 6.07 Å². The fourth-order valence-electron chi connectivity index (χ4n) is 2.38. The zero-order chi connectivity index (χ0) is 13.9. The van der Waals surface area contributed by atoms with E-state index in [1.54, 1.807) is 4.52 Å². The van der Waals surface area contributed by atoms with E-state index in [2.05, 4.69) is 20.1 Å². The fraction of sp³-hybridized carbons (Fsp3) is 0.417. The smallest absolute Gasteiger partial charge is 0.151 e. The third-order valence-electron chi connectivity index (χ3n) is 3.41. The summed E-state index contributed by atoms with van der Waals surface area (Å²) in [5.74, 6) is 0.404. The molecule has 0 aliphatic carbocycles. The lowest BCUT2D eigenvalue weighted by Gasteiger charge is -2.26. The Morgan fingerprint density at radius 1 is 1.45 bits per heavy atom. The number of nitrogens with two attached hydrogens (primary N) is 1. The fourth-order valence-corrected chi connectivity index (χ4v) is 2.38. The van der Waals surface area contributed by atoms with Crippen molar-refractivity contribution < 1.29 is 9.94 Å². The lowest BCUT2D eigenvalue weighted by Crippen LogP contribution is -2.36. The number of hydrogen-bond acceptors (Lipinski definition) is 7. The Labute approximate surface area is 115 Å². The van der Waals surface area contributed by atoms with Gasteiger partial charge in [0, 0.05) is 25.2 Å². The summed E-state index contributed by atoms with van der Waals surface area (Å²) in [6, 6.07) is 1.82. The maximum Gasteiger partial charge on any atom is 0.151 e. The molecule has 0 radical (unpaired) electrons. The van der Waals surface area contributed by atoms with Crippen LogP contribution in [-0.2, 0) is 11.3 Å². The average molecular weight is 276 g/mol. The molecule has 0 spiro atoms. The van der Waals surface area contributed by atoms with Crippen LogP contribution in [0.2, 0.25) is 0 Å². The summed E-state index contributed by atoms with van der Waals surface area (Å²) in [5.41, 5.74) is 8.28. The number of anilines is 1. The monoisotopic (exact) mass is 276 g/mol. The predicted octanol–water partition coefficient (Wildman–Crippen LogP) is -0.0482. The Bertz CT molecular complexity index is 632. The molecule has 0 amide bonds. The van der Waals surface area contributed by atoms with E-state index in [0.717, 1.165) is 37.6 Å². The summed E-state index contributed by atoms with van der Waals surface area (Å²) in [5, 5.41) is 16.2. The molecule has 2 aromatic heterocycles. The molecule has 3 heterocycles. The van der Waals surface area contributed by atoms with Crippen LogP contribution in [0.25, 0.3) is 5.52 Å². The molecule has 1 fully saturated rings. The molecule has 1 saturated heterocycles. The van der Waals surface area contributed by atoms with Crippen molar-refractivity contribution >= 4 is 17.5 Å². The first kappa shape index (κ1) is 12.8. The summed E-state index contributed by atoms with van der Waals surface area (Å²) in [7, 11) is 0. The third kappa shape index (κ3) is 2.30. The quantitative estimate of drug-likeness (QED) is 0.463. The molecule has 3 N–H and O–H groups in total. The molecule has 0 unspecified atom stereocenters. The number of hydrogen-bond donors (Lipinski definition) is 2. The van der Waals surface area contributed by atoms with Gasteiger partial charge >= 0.3 is 0 Å². The Balaban J connectivity index is 2.02. The molecule has 0 atom stereocenters. The second-order valence-corrected chi connectivity index (χ2v) is 4.62. The molecule has 0 aromatic carbocycles. The molecule has 3 rings (SSSR count). The highest BCUT2D eigenvalue weighted by molar-refractivity contribution is 5.86.